The molecule has 0 radical (unpaired) electrons. The number of amides is 1. The zero-order chi connectivity index (χ0) is 16.2. The first kappa shape index (κ1) is 16.8. The van der Waals surface area contributed by atoms with Gasteiger partial charge in [-0.25, -0.2) is 4.79 Å². The summed E-state index contributed by atoms with van der Waals surface area (Å²) in [5.41, 5.74) is 1.04. The molecule has 0 atom stereocenters. The zero-order valence-electron chi connectivity index (χ0n) is 13.3. The minimum absolute atomic E-state index is 0.291. The average molecular weight is 324 g/mol. The molecule has 122 valence electrons. The van der Waals surface area contributed by atoms with E-state index in [1.807, 2.05) is 45.0 Å². The lowest BCUT2D eigenvalue weighted by Gasteiger charge is -2.25. The van der Waals surface area contributed by atoms with Crippen LogP contribution in [0.25, 0.3) is 0 Å². The van der Waals surface area contributed by atoms with Crippen molar-refractivity contribution in [1.29, 1.82) is 0 Å². The Morgan fingerprint density at radius 1 is 1.18 bits per heavy atom. The molecule has 0 bridgehead atoms. The maximum Gasteiger partial charge on any atom is 0.412 e. The summed E-state index contributed by atoms with van der Waals surface area (Å²) in [6, 6.07) is 7.85. The molecule has 0 aliphatic carbocycles. The van der Waals surface area contributed by atoms with Gasteiger partial charge in [0, 0.05) is 28.3 Å². The first-order valence-electron chi connectivity index (χ1n) is 7.54. The second-order valence-electron chi connectivity index (χ2n) is 6.44. The molecule has 1 heterocycles. The number of hydrogen-bond acceptors (Lipinski definition) is 4. The highest BCUT2D eigenvalue weighted by Crippen LogP contribution is 2.25. The molecular weight excluding hydrogens is 300 g/mol. The highest BCUT2D eigenvalue weighted by atomic mass is 32.2. The van der Waals surface area contributed by atoms with Gasteiger partial charge in [-0.3, -0.25) is 9.53 Å². The van der Waals surface area contributed by atoms with Gasteiger partial charge >= 0.3 is 6.09 Å². The average Bonchev–Trinajstić information content (AvgIpc) is 2.41. The van der Waals surface area contributed by atoms with Crippen LogP contribution in [0.2, 0.25) is 0 Å². The van der Waals surface area contributed by atoms with Crippen molar-refractivity contribution < 1.29 is 13.7 Å². The minimum Gasteiger partial charge on any atom is -0.444 e. The molecule has 6 heteroatoms. The van der Waals surface area contributed by atoms with E-state index < -0.39 is 22.5 Å². The molecule has 1 aromatic carbocycles. The second kappa shape index (κ2) is 7.13. The van der Waals surface area contributed by atoms with Gasteiger partial charge in [0.2, 0.25) is 0 Å². The summed E-state index contributed by atoms with van der Waals surface area (Å²) in [6.07, 6.45) is 1.30. The monoisotopic (exact) mass is 324 g/mol. The van der Waals surface area contributed by atoms with Gasteiger partial charge in [-0.2, -0.15) is 0 Å². The quantitative estimate of drug-likeness (QED) is 0.894. The standard InChI is InChI=1S/C16H24N2O3S/c1-16(2,3)21-15(19)18-14-7-5-4-6-13(14)17-12-8-10-22(20)11-9-12/h4-7,12,17H,8-11H2,1-3H3,(H,18,19). The van der Waals surface area contributed by atoms with Gasteiger partial charge in [0.15, 0.2) is 0 Å². The highest BCUT2D eigenvalue weighted by molar-refractivity contribution is 7.85. The van der Waals surface area contributed by atoms with E-state index in [9.17, 15) is 9.00 Å². The number of carbonyl (C=O) groups excluding carboxylic acids is 1. The Hall–Kier alpha value is -1.56. The van der Waals surface area contributed by atoms with Crippen molar-refractivity contribution >= 4 is 28.3 Å². The van der Waals surface area contributed by atoms with Crippen LogP contribution in [0.1, 0.15) is 33.6 Å². The number of hydrogen-bond donors (Lipinski definition) is 2. The van der Waals surface area contributed by atoms with E-state index in [4.69, 9.17) is 4.74 Å². The molecule has 1 aliphatic heterocycles. The molecule has 22 heavy (non-hydrogen) atoms. The van der Waals surface area contributed by atoms with Crippen LogP contribution in [0.4, 0.5) is 16.2 Å². The summed E-state index contributed by atoms with van der Waals surface area (Å²) in [5.74, 6) is 1.47. The molecule has 0 unspecified atom stereocenters. The van der Waals surface area contributed by atoms with Crippen molar-refractivity contribution in [2.24, 2.45) is 0 Å². The molecule has 1 amide bonds. The third kappa shape index (κ3) is 5.33. The summed E-state index contributed by atoms with van der Waals surface area (Å²) in [6.45, 7) is 5.50. The molecule has 2 rings (SSSR count). The van der Waals surface area contributed by atoms with Crippen LogP contribution in [0, 0.1) is 0 Å². The lowest BCUT2D eigenvalue weighted by atomic mass is 10.1. The minimum atomic E-state index is -0.675. The fraction of sp³-hybridized carbons (Fsp3) is 0.562. The van der Waals surface area contributed by atoms with Gasteiger partial charge in [0.05, 0.1) is 11.4 Å². The molecule has 0 aromatic heterocycles. The Bertz CT molecular complexity index is 545. The fourth-order valence-corrected chi connectivity index (χ4v) is 3.59. The number of carbonyl (C=O) groups is 1. The van der Waals surface area contributed by atoms with Crippen LogP contribution < -0.4 is 10.6 Å². The van der Waals surface area contributed by atoms with Gasteiger partial charge < -0.3 is 10.1 Å². The topological polar surface area (TPSA) is 67.4 Å². The number of anilines is 2. The number of rotatable bonds is 3. The molecular formula is C16H24N2O3S. The largest absolute Gasteiger partial charge is 0.444 e. The summed E-state index contributed by atoms with van der Waals surface area (Å²) in [4.78, 5) is 11.9. The van der Waals surface area contributed by atoms with E-state index in [1.165, 1.54) is 0 Å². The Labute approximate surface area is 134 Å². The maximum atomic E-state index is 11.9. The Morgan fingerprint density at radius 3 is 2.36 bits per heavy atom. The summed E-state index contributed by atoms with van der Waals surface area (Å²) >= 11 is 0. The molecule has 1 aliphatic rings. The van der Waals surface area contributed by atoms with E-state index in [0.717, 1.165) is 30.0 Å². The van der Waals surface area contributed by atoms with Crippen molar-refractivity contribution in [1.82, 2.24) is 0 Å². The Balaban J connectivity index is 2.00. The highest BCUT2D eigenvalue weighted by Gasteiger charge is 2.20. The first-order chi connectivity index (χ1) is 10.3. The van der Waals surface area contributed by atoms with Crippen LogP contribution in [-0.4, -0.2) is 33.5 Å². The molecule has 2 N–H and O–H groups in total. The predicted octanol–water partition coefficient (Wildman–Crippen LogP) is 3.36. The third-order valence-corrected chi connectivity index (χ3v) is 4.69. The van der Waals surface area contributed by atoms with Crippen LogP contribution in [-0.2, 0) is 15.5 Å². The normalized spacial score (nSPS) is 22.0. The Morgan fingerprint density at radius 2 is 1.77 bits per heavy atom. The molecule has 5 nitrogen and oxygen atoms in total. The van der Waals surface area contributed by atoms with Crippen LogP contribution >= 0.6 is 0 Å². The molecule has 0 spiro atoms. The number of nitrogens with one attached hydrogen (secondary N) is 2. The SMILES string of the molecule is CC(C)(C)OC(=O)Nc1ccccc1NC1CCS(=O)CC1. The van der Waals surface area contributed by atoms with Crippen molar-refractivity contribution in [2.45, 2.75) is 45.3 Å². The molecule has 1 saturated heterocycles. The van der Waals surface area contributed by atoms with E-state index in [-0.39, 0.29) is 0 Å². The summed E-state index contributed by atoms with van der Waals surface area (Å²) < 4.78 is 16.7. The molecule has 1 fully saturated rings. The van der Waals surface area contributed by atoms with Gasteiger partial charge in [-0.1, -0.05) is 12.1 Å². The van der Waals surface area contributed by atoms with Gasteiger partial charge in [-0.15, -0.1) is 0 Å². The maximum absolute atomic E-state index is 11.9. The molecule has 0 saturated carbocycles. The first-order valence-corrected chi connectivity index (χ1v) is 9.03. The van der Waals surface area contributed by atoms with Crippen LogP contribution in [0.15, 0.2) is 24.3 Å². The number of ether oxygens (including phenoxy) is 1. The van der Waals surface area contributed by atoms with Crippen LogP contribution in [0.3, 0.4) is 0 Å². The second-order valence-corrected chi connectivity index (χ2v) is 8.14. The van der Waals surface area contributed by atoms with Gasteiger partial charge in [0.1, 0.15) is 5.60 Å². The third-order valence-electron chi connectivity index (χ3n) is 3.31. The van der Waals surface area contributed by atoms with Crippen molar-refractivity contribution in [3.8, 4) is 0 Å². The summed E-state index contributed by atoms with van der Waals surface area (Å²) in [7, 11) is -0.675. The fourth-order valence-electron chi connectivity index (χ4n) is 2.29. The smallest absolute Gasteiger partial charge is 0.412 e. The number of benzene rings is 1. The van der Waals surface area contributed by atoms with Gasteiger partial charge in [-0.05, 0) is 45.7 Å². The zero-order valence-corrected chi connectivity index (χ0v) is 14.2. The van der Waals surface area contributed by atoms with E-state index in [1.54, 1.807) is 0 Å². The summed E-state index contributed by atoms with van der Waals surface area (Å²) in [5, 5.41) is 6.22. The predicted molar refractivity (Wildman–Crippen MR) is 90.8 cm³/mol. The Kier molecular flexibility index (Phi) is 5.45. The van der Waals surface area contributed by atoms with E-state index in [0.29, 0.717) is 11.7 Å². The van der Waals surface area contributed by atoms with E-state index >= 15 is 0 Å². The van der Waals surface area contributed by atoms with Crippen LogP contribution in [0.5, 0.6) is 0 Å². The van der Waals surface area contributed by atoms with Crippen molar-refractivity contribution in [3.05, 3.63) is 24.3 Å². The van der Waals surface area contributed by atoms with E-state index in [2.05, 4.69) is 10.6 Å². The molecule has 1 aromatic rings. The van der Waals surface area contributed by atoms with Crippen molar-refractivity contribution in [2.75, 3.05) is 22.1 Å². The van der Waals surface area contributed by atoms with Crippen molar-refractivity contribution in [3.63, 3.8) is 0 Å². The lowest BCUT2D eigenvalue weighted by Crippen LogP contribution is -2.30. The number of para-hydroxylation sites is 2. The lowest BCUT2D eigenvalue weighted by molar-refractivity contribution is 0.0636. The van der Waals surface area contributed by atoms with Gasteiger partial charge in [0.25, 0.3) is 0 Å².